The first-order chi connectivity index (χ1) is 9.31. The number of benzene rings is 1. The molecule has 0 aliphatic heterocycles. The molecule has 0 saturated heterocycles. The molecule has 0 heterocycles. The standard InChI is InChI=1S/C13H19F3N2O2/c1-2-12(7-19,8-20)18-10-4-3-9(6-17)11(5-10)13(14,15)16/h3-5,18-20H,2,6-8,17H2,1H3. The van der Waals surface area contributed by atoms with Gasteiger partial charge >= 0.3 is 6.18 Å². The smallest absolute Gasteiger partial charge is 0.394 e. The van der Waals surface area contributed by atoms with E-state index in [1.165, 1.54) is 12.1 Å². The van der Waals surface area contributed by atoms with Gasteiger partial charge in [-0.15, -0.1) is 0 Å². The number of hydrogen-bond acceptors (Lipinski definition) is 4. The zero-order chi connectivity index (χ0) is 15.4. The van der Waals surface area contributed by atoms with Crippen molar-refractivity contribution in [2.45, 2.75) is 31.6 Å². The van der Waals surface area contributed by atoms with Gasteiger partial charge in [-0.25, -0.2) is 0 Å². The highest BCUT2D eigenvalue weighted by Gasteiger charge is 2.34. The van der Waals surface area contributed by atoms with Gasteiger partial charge in [0.25, 0.3) is 0 Å². The Labute approximate surface area is 115 Å². The third kappa shape index (κ3) is 3.62. The number of nitrogens with two attached hydrogens (primary N) is 1. The molecular weight excluding hydrogens is 273 g/mol. The van der Waals surface area contributed by atoms with Crippen LogP contribution in [0.25, 0.3) is 0 Å². The number of nitrogens with one attached hydrogen (secondary N) is 1. The molecule has 0 aromatic heterocycles. The second kappa shape index (κ2) is 6.43. The van der Waals surface area contributed by atoms with E-state index in [2.05, 4.69) is 5.32 Å². The molecular formula is C13H19F3N2O2. The van der Waals surface area contributed by atoms with Crippen molar-refractivity contribution in [3.05, 3.63) is 29.3 Å². The lowest BCUT2D eigenvalue weighted by Crippen LogP contribution is -2.45. The summed E-state index contributed by atoms with van der Waals surface area (Å²) in [4.78, 5) is 0. The summed E-state index contributed by atoms with van der Waals surface area (Å²) in [5, 5.41) is 21.4. The minimum atomic E-state index is -4.50. The second-order valence-electron chi connectivity index (χ2n) is 4.65. The van der Waals surface area contributed by atoms with Crippen molar-refractivity contribution in [1.29, 1.82) is 0 Å². The van der Waals surface area contributed by atoms with E-state index in [0.29, 0.717) is 6.42 Å². The van der Waals surface area contributed by atoms with E-state index in [1.54, 1.807) is 6.92 Å². The van der Waals surface area contributed by atoms with Gasteiger partial charge in [0.15, 0.2) is 0 Å². The Hall–Kier alpha value is -1.31. The number of rotatable bonds is 6. The Morgan fingerprint density at radius 3 is 2.20 bits per heavy atom. The van der Waals surface area contributed by atoms with E-state index in [1.807, 2.05) is 0 Å². The molecule has 0 radical (unpaired) electrons. The molecule has 0 aliphatic carbocycles. The van der Waals surface area contributed by atoms with Gasteiger partial charge < -0.3 is 21.3 Å². The van der Waals surface area contributed by atoms with Crippen molar-refractivity contribution in [3.63, 3.8) is 0 Å². The highest BCUT2D eigenvalue weighted by atomic mass is 19.4. The first-order valence-corrected chi connectivity index (χ1v) is 6.22. The van der Waals surface area contributed by atoms with Gasteiger partial charge in [-0.05, 0) is 24.1 Å². The predicted molar refractivity (Wildman–Crippen MR) is 70.2 cm³/mol. The van der Waals surface area contributed by atoms with Crippen LogP contribution in [0, 0.1) is 0 Å². The van der Waals surface area contributed by atoms with Crippen LogP contribution < -0.4 is 11.1 Å². The summed E-state index contributed by atoms with van der Waals surface area (Å²) in [6.07, 6.45) is -4.14. The Kier molecular flexibility index (Phi) is 5.38. The Morgan fingerprint density at radius 1 is 1.20 bits per heavy atom. The molecule has 0 aliphatic rings. The monoisotopic (exact) mass is 292 g/mol. The highest BCUT2D eigenvalue weighted by molar-refractivity contribution is 5.51. The molecule has 5 N–H and O–H groups in total. The molecule has 0 bridgehead atoms. The number of anilines is 1. The largest absolute Gasteiger partial charge is 0.416 e. The third-order valence-electron chi connectivity index (χ3n) is 3.33. The molecule has 1 rings (SSSR count). The molecule has 1 aromatic rings. The van der Waals surface area contributed by atoms with Gasteiger partial charge in [-0.3, -0.25) is 0 Å². The van der Waals surface area contributed by atoms with Gasteiger partial charge in [-0.2, -0.15) is 13.2 Å². The first-order valence-electron chi connectivity index (χ1n) is 6.22. The van der Waals surface area contributed by atoms with Crippen molar-refractivity contribution in [1.82, 2.24) is 0 Å². The number of aliphatic hydroxyl groups is 2. The zero-order valence-electron chi connectivity index (χ0n) is 11.2. The summed E-state index contributed by atoms with van der Waals surface area (Å²) in [7, 11) is 0. The molecule has 20 heavy (non-hydrogen) atoms. The van der Waals surface area contributed by atoms with Crippen LogP contribution in [0.15, 0.2) is 18.2 Å². The average Bonchev–Trinajstić information content (AvgIpc) is 2.44. The van der Waals surface area contributed by atoms with E-state index in [0.717, 1.165) is 6.07 Å². The fraction of sp³-hybridized carbons (Fsp3) is 0.538. The van der Waals surface area contributed by atoms with Gasteiger partial charge in [-0.1, -0.05) is 13.0 Å². The summed E-state index contributed by atoms with van der Waals surface area (Å²) in [6, 6.07) is 3.69. The van der Waals surface area contributed by atoms with Gasteiger partial charge in [0.1, 0.15) is 0 Å². The molecule has 0 saturated carbocycles. The summed E-state index contributed by atoms with van der Waals surface area (Å²) in [6.45, 7) is 0.729. The maximum Gasteiger partial charge on any atom is 0.416 e. The normalized spacial score (nSPS) is 12.6. The highest BCUT2D eigenvalue weighted by Crippen LogP contribution is 2.34. The number of aliphatic hydroxyl groups excluding tert-OH is 2. The lowest BCUT2D eigenvalue weighted by molar-refractivity contribution is -0.138. The predicted octanol–water partition coefficient (Wildman–Crippen LogP) is 1.71. The van der Waals surface area contributed by atoms with Crippen molar-refractivity contribution >= 4 is 5.69 Å². The first kappa shape index (κ1) is 16.7. The Bertz CT molecular complexity index is 437. The molecule has 114 valence electrons. The van der Waals surface area contributed by atoms with Crippen molar-refractivity contribution in [2.75, 3.05) is 18.5 Å². The molecule has 1 aromatic carbocycles. The van der Waals surface area contributed by atoms with Crippen LogP contribution in [-0.2, 0) is 12.7 Å². The van der Waals surface area contributed by atoms with Crippen LogP contribution in [0.4, 0.5) is 18.9 Å². The molecule has 0 unspecified atom stereocenters. The molecule has 0 amide bonds. The topological polar surface area (TPSA) is 78.5 Å². The SMILES string of the molecule is CCC(CO)(CO)Nc1ccc(CN)c(C(F)(F)F)c1. The summed E-state index contributed by atoms with van der Waals surface area (Å²) in [5.74, 6) is 0. The lowest BCUT2D eigenvalue weighted by atomic mass is 9.97. The maximum absolute atomic E-state index is 12.9. The Morgan fingerprint density at radius 2 is 1.80 bits per heavy atom. The van der Waals surface area contributed by atoms with Crippen LogP contribution in [0.2, 0.25) is 0 Å². The fourth-order valence-corrected chi connectivity index (χ4v) is 1.84. The van der Waals surface area contributed by atoms with Crippen LogP contribution in [0.5, 0.6) is 0 Å². The van der Waals surface area contributed by atoms with E-state index in [9.17, 15) is 23.4 Å². The zero-order valence-corrected chi connectivity index (χ0v) is 11.2. The van der Waals surface area contributed by atoms with Crippen molar-refractivity contribution < 1.29 is 23.4 Å². The van der Waals surface area contributed by atoms with Crippen LogP contribution >= 0.6 is 0 Å². The maximum atomic E-state index is 12.9. The quantitative estimate of drug-likeness (QED) is 0.643. The van der Waals surface area contributed by atoms with E-state index < -0.39 is 17.3 Å². The minimum Gasteiger partial charge on any atom is -0.394 e. The summed E-state index contributed by atoms with van der Waals surface area (Å²) >= 11 is 0. The van der Waals surface area contributed by atoms with Crippen LogP contribution in [0.3, 0.4) is 0 Å². The van der Waals surface area contributed by atoms with E-state index in [-0.39, 0.29) is 31.0 Å². The number of halogens is 3. The van der Waals surface area contributed by atoms with Crippen molar-refractivity contribution in [2.24, 2.45) is 5.73 Å². The molecule has 0 spiro atoms. The van der Waals surface area contributed by atoms with E-state index >= 15 is 0 Å². The minimum absolute atomic E-state index is 0.00172. The van der Waals surface area contributed by atoms with Gasteiger partial charge in [0, 0.05) is 12.2 Å². The average molecular weight is 292 g/mol. The van der Waals surface area contributed by atoms with Crippen LogP contribution in [-0.4, -0.2) is 29.0 Å². The number of hydrogen-bond donors (Lipinski definition) is 4. The molecule has 0 fully saturated rings. The summed E-state index contributed by atoms with van der Waals surface area (Å²) in [5.41, 5.74) is 3.62. The Balaban J connectivity index is 3.15. The lowest BCUT2D eigenvalue weighted by Gasteiger charge is -2.31. The van der Waals surface area contributed by atoms with Crippen LogP contribution in [0.1, 0.15) is 24.5 Å². The second-order valence-corrected chi connectivity index (χ2v) is 4.65. The van der Waals surface area contributed by atoms with Gasteiger partial charge in [0.05, 0.1) is 24.3 Å². The summed E-state index contributed by atoms with van der Waals surface area (Å²) < 4.78 is 38.7. The van der Waals surface area contributed by atoms with Gasteiger partial charge in [0.2, 0.25) is 0 Å². The van der Waals surface area contributed by atoms with Crippen molar-refractivity contribution in [3.8, 4) is 0 Å². The molecule has 0 atom stereocenters. The van der Waals surface area contributed by atoms with E-state index in [4.69, 9.17) is 5.73 Å². The third-order valence-corrected chi connectivity index (χ3v) is 3.33. The molecule has 7 heteroatoms. The number of alkyl halides is 3. The fourth-order valence-electron chi connectivity index (χ4n) is 1.84. The molecule has 4 nitrogen and oxygen atoms in total.